The van der Waals surface area contributed by atoms with Crippen LogP contribution in [0.3, 0.4) is 0 Å². The smallest absolute Gasteiger partial charge is 0.255 e. The standard InChI is InChI=1S/C9H10F2N2O/c1-6-12-3-2-8(13-6)14-7-4-9(10,11)5-7/h2-3,7H,4-5H2,1H3. The van der Waals surface area contributed by atoms with Crippen molar-refractivity contribution < 1.29 is 13.5 Å². The Morgan fingerprint density at radius 2 is 2.21 bits per heavy atom. The quantitative estimate of drug-likeness (QED) is 0.732. The second-order valence-electron chi connectivity index (χ2n) is 3.45. The molecule has 0 aliphatic heterocycles. The Hall–Kier alpha value is -1.26. The zero-order chi connectivity index (χ0) is 10.2. The highest BCUT2D eigenvalue weighted by Crippen LogP contribution is 2.39. The van der Waals surface area contributed by atoms with Crippen molar-refractivity contribution >= 4 is 0 Å². The van der Waals surface area contributed by atoms with Gasteiger partial charge in [0.1, 0.15) is 11.9 Å². The monoisotopic (exact) mass is 200 g/mol. The van der Waals surface area contributed by atoms with Crippen LogP contribution >= 0.6 is 0 Å². The molecule has 3 nitrogen and oxygen atoms in total. The van der Waals surface area contributed by atoms with E-state index in [0.29, 0.717) is 11.7 Å². The van der Waals surface area contributed by atoms with E-state index in [0.717, 1.165) is 0 Å². The minimum Gasteiger partial charge on any atom is -0.474 e. The Morgan fingerprint density at radius 1 is 1.50 bits per heavy atom. The number of ether oxygens (including phenoxy) is 1. The molecule has 1 aliphatic rings. The fourth-order valence-electron chi connectivity index (χ4n) is 1.36. The molecule has 2 rings (SSSR count). The number of rotatable bonds is 2. The lowest BCUT2D eigenvalue weighted by atomic mass is 9.91. The Morgan fingerprint density at radius 3 is 2.79 bits per heavy atom. The first kappa shape index (κ1) is 9.30. The lowest BCUT2D eigenvalue weighted by Crippen LogP contribution is -2.43. The normalized spacial score (nSPS) is 20.2. The van der Waals surface area contributed by atoms with Gasteiger partial charge in [-0.2, -0.15) is 4.98 Å². The van der Waals surface area contributed by atoms with Crippen molar-refractivity contribution in [2.75, 3.05) is 0 Å². The van der Waals surface area contributed by atoms with Crippen LogP contribution in [0.1, 0.15) is 18.7 Å². The van der Waals surface area contributed by atoms with Crippen LogP contribution in [0.2, 0.25) is 0 Å². The molecule has 76 valence electrons. The van der Waals surface area contributed by atoms with Gasteiger partial charge in [-0.15, -0.1) is 0 Å². The molecule has 0 saturated heterocycles. The summed E-state index contributed by atoms with van der Waals surface area (Å²) in [6.07, 6.45) is 0.722. The van der Waals surface area contributed by atoms with Gasteiger partial charge in [-0.3, -0.25) is 0 Å². The number of hydrogen-bond acceptors (Lipinski definition) is 3. The van der Waals surface area contributed by atoms with E-state index in [4.69, 9.17) is 4.74 Å². The second kappa shape index (κ2) is 3.15. The molecule has 0 amide bonds. The van der Waals surface area contributed by atoms with Crippen LogP contribution in [0.15, 0.2) is 12.3 Å². The van der Waals surface area contributed by atoms with Gasteiger partial charge in [-0.05, 0) is 6.92 Å². The molecule has 1 saturated carbocycles. The van der Waals surface area contributed by atoms with E-state index >= 15 is 0 Å². The molecular weight excluding hydrogens is 190 g/mol. The lowest BCUT2D eigenvalue weighted by molar-refractivity contribution is -0.135. The molecule has 5 heteroatoms. The van der Waals surface area contributed by atoms with Crippen molar-refractivity contribution in [2.24, 2.45) is 0 Å². The van der Waals surface area contributed by atoms with Crippen molar-refractivity contribution in [1.82, 2.24) is 9.97 Å². The van der Waals surface area contributed by atoms with Gasteiger partial charge in [0, 0.05) is 25.1 Å². The molecule has 0 atom stereocenters. The van der Waals surface area contributed by atoms with E-state index in [2.05, 4.69) is 9.97 Å². The third-order valence-electron chi connectivity index (χ3n) is 2.09. The molecule has 1 fully saturated rings. The van der Waals surface area contributed by atoms with Crippen LogP contribution in [-0.2, 0) is 0 Å². The van der Waals surface area contributed by atoms with Gasteiger partial charge < -0.3 is 4.74 Å². The summed E-state index contributed by atoms with van der Waals surface area (Å²) in [6.45, 7) is 1.72. The molecule has 14 heavy (non-hydrogen) atoms. The SMILES string of the molecule is Cc1nccc(OC2CC(F)(F)C2)n1. The Bertz CT molecular complexity index is 335. The lowest BCUT2D eigenvalue weighted by Gasteiger charge is -2.34. The van der Waals surface area contributed by atoms with Crippen molar-refractivity contribution in [1.29, 1.82) is 0 Å². The largest absolute Gasteiger partial charge is 0.474 e. The van der Waals surface area contributed by atoms with E-state index in [1.54, 1.807) is 19.2 Å². The number of nitrogens with zero attached hydrogens (tertiary/aromatic N) is 2. The van der Waals surface area contributed by atoms with Gasteiger partial charge in [0.05, 0.1) is 0 Å². The second-order valence-corrected chi connectivity index (χ2v) is 3.45. The molecule has 0 radical (unpaired) electrons. The van der Waals surface area contributed by atoms with E-state index in [1.807, 2.05) is 0 Å². The highest BCUT2D eigenvalue weighted by Gasteiger charge is 2.47. The molecule has 0 unspecified atom stereocenters. The minimum atomic E-state index is -2.55. The molecular formula is C9H10F2N2O. The van der Waals surface area contributed by atoms with Gasteiger partial charge >= 0.3 is 0 Å². The summed E-state index contributed by atoms with van der Waals surface area (Å²) < 4.78 is 30.2. The van der Waals surface area contributed by atoms with Crippen LogP contribution in [0.25, 0.3) is 0 Å². The fraction of sp³-hybridized carbons (Fsp3) is 0.556. The first-order chi connectivity index (χ1) is 6.55. The Balaban J connectivity index is 1.93. The maximum absolute atomic E-state index is 12.5. The number of hydrogen-bond donors (Lipinski definition) is 0. The molecule has 1 heterocycles. The first-order valence-corrected chi connectivity index (χ1v) is 4.39. The zero-order valence-electron chi connectivity index (χ0n) is 7.70. The average Bonchev–Trinajstić information content (AvgIpc) is 2.00. The number of alkyl halides is 2. The van der Waals surface area contributed by atoms with Gasteiger partial charge in [0.15, 0.2) is 0 Å². The number of aryl methyl sites for hydroxylation is 1. The van der Waals surface area contributed by atoms with Crippen molar-refractivity contribution in [2.45, 2.75) is 31.8 Å². The van der Waals surface area contributed by atoms with Crippen LogP contribution < -0.4 is 4.74 Å². The molecule has 0 aromatic carbocycles. The summed E-state index contributed by atoms with van der Waals surface area (Å²) >= 11 is 0. The van der Waals surface area contributed by atoms with Gasteiger partial charge in [0.25, 0.3) is 5.92 Å². The van der Waals surface area contributed by atoms with Crippen LogP contribution in [0.5, 0.6) is 5.88 Å². The molecule has 0 N–H and O–H groups in total. The van der Waals surface area contributed by atoms with E-state index < -0.39 is 12.0 Å². The first-order valence-electron chi connectivity index (χ1n) is 4.39. The van der Waals surface area contributed by atoms with E-state index in [-0.39, 0.29) is 12.8 Å². The predicted octanol–water partition coefficient (Wildman–Crippen LogP) is 1.96. The molecule has 1 aliphatic carbocycles. The summed E-state index contributed by atoms with van der Waals surface area (Å²) in [7, 11) is 0. The summed E-state index contributed by atoms with van der Waals surface area (Å²) in [5, 5.41) is 0. The highest BCUT2D eigenvalue weighted by molar-refractivity contribution is 5.09. The van der Waals surface area contributed by atoms with Gasteiger partial charge in [-0.1, -0.05) is 0 Å². The van der Waals surface area contributed by atoms with Crippen LogP contribution in [0.4, 0.5) is 8.78 Å². The Labute approximate surface area is 80.1 Å². The molecule has 0 spiro atoms. The number of halogens is 2. The van der Waals surface area contributed by atoms with Crippen molar-refractivity contribution in [3.05, 3.63) is 18.1 Å². The minimum absolute atomic E-state index is 0.212. The van der Waals surface area contributed by atoms with Gasteiger partial charge in [-0.25, -0.2) is 13.8 Å². The van der Waals surface area contributed by atoms with Crippen molar-refractivity contribution in [3.63, 3.8) is 0 Å². The summed E-state index contributed by atoms with van der Waals surface area (Å²) in [5.74, 6) is -1.60. The maximum atomic E-state index is 12.5. The van der Waals surface area contributed by atoms with Crippen LogP contribution in [0, 0.1) is 6.92 Å². The third-order valence-corrected chi connectivity index (χ3v) is 2.09. The summed E-state index contributed by atoms with van der Waals surface area (Å²) in [6, 6.07) is 1.57. The summed E-state index contributed by atoms with van der Waals surface area (Å²) in [4.78, 5) is 7.84. The van der Waals surface area contributed by atoms with Gasteiger partial charge in [0.2, 0.25) is 5.88 Å². The molecule has 0 bridgehead atoms. The van der Waals surface area contributed by atoms with E-state index in [9.17, 15) is 8.78 Å². The average molecular weight is 200 g/mol. The highest BCUT2D eigenvalue weighted by atomic mass is 19.3. The fourth-order valence-corrected chi connectivity index (χ4v) is 1.36. The van der Waals surface area contributed by atoms with Crippen LogP contribution in [-0.4, -0.2) is 22.0 Å². The number of aromatic nitrogens is 2. The zero-order valence-corrected chi connectivity index (χ0v) is 7.70. The maximum Gasteiger partial charge on any atom is 0.255 e. The summed E-state index contributed by atoms with van der Waals surface area (Å²) in [5.41, 5.74) is 0. The topological polar surface area (TPSA) is 35.0 Å². The van der Waals surface area contributed by atoms with E-state index in [1.165, 1.54) is 0 Å². The Kier molecular flexibility index (Phi) is 2.09. The molecule has 1 aromatic heterocycles. The predicted molar refractivity (Wildman–Crippen MR) is 45.4 cm³/mol. The van der Waals surface area contributed by atoms with Crippen molar-refractivity contribution in [3.8, 4) is 5.88 Å². The molecule has 1 aromatic rings. The third kappa shape index (κ3) is 1.97.